The van der Waals surface area contributed by atoms with Crippen LogP contribution in [0.2, 0.25) is 0 Å². The Morgan fingerprint density at radius 2 is 1.88 bits per heavy atom. The molecule has 3 aliphatic rings. The Bertz CT molecular complexity index is 957. The fourth-order valence-electron chi connectivity index (χ4n) is 4.38. The fraction of sp³-hybridized carbons (Fsp3) is 0.522. The predicted molar refractivity (Wildman–Crippen MR) is 122 cm³/mol. The highest BCUT2D eigenvalue weighted by atomic mass is 16.5. The van der Waals surface area contributed by atoms with E-state index in [1.165, 1.54) is 5.56 Å². The van der Waals surface area contributed by atoms with Crippen molar-refractivity contribution >= 4 is 17.5 Å². The van der Waals surface area contributed by atoms with Gasteiger partial charge in [-0.3, -0.25) is 4.90 Å². The van der Waals surface area contributed by atoms with Crippen molar-refractivity contribution in [3.8, 4) is 11.4 Å². The number of aromatic nitrogens is 2. The monoisotopic (exact) mass is 438 g/mol. The summed E-state index contributed by atoms with van der Waals surface area (Å²) < 4.78 is 11.0. The number of fused-ring (bicyclic) bond motifs is 1. The number of carbonyl (C=O) groups excluding carboxylic acids is 1. The first kappa shape index (κ1) is 21.1. The second kappa shape index (κ2) is 9.40. The van der Waals surface area contributed by atoms with E-state index in [4.69, 9.17) is 19.4 Å². The molecule has 32 heavy (non-hydrogen) atoms. The number of anilines is 2. The number of amides is 2. The summed E-state index contributed by atoms with van der Waals surface area (Å²) in [5.74, 6) is 1.77. The van der Waals surface area contributed by atoms with Gasteiger partial charge in [-0.05, 0) is 37.6 Å². The Labute approximate surface area is 188 Å². The number of benzene rings is 1. The van der Waals surface area contributed by atoms with Crippen LogP contribution < -0.4 is 15.5 Å². The van der Waals surface area contributed by atoms with Crippen LogP contribution in [-0.4, -0.2) is 79.5 Å². The number of nitrogens with one attached hydrogen (secondary N) is 2. The maximum Gasteiger partial charge on any atom is 0.319 e. The predicted octanol–water partition coefficient (Wildman–Crippen LogP) is 1.88. The molecule has 2 saturated heterocycles. The van der Waals surface area contributed by atoms with E-state index in [1.54, 1.807) is 0 Å². The lowest BCUT2D eigenvalue weighted by atomic mass is 10.0. The van der Waals surface area contributed by atoms with E-state index in [0.717, 1.165) is 87.6 Å². The molecule has 2 aromatic rings. The van der Waals surface area contributed by atoms with Gasteiger partial charge in [0.05, 0.1) is 38.2 Å². The van der Waals surface area contributed by atoms with Crippen LogP contribution in [-0.2, 0) is 22.4 Å². The van der Waals surface area contributed by atoms with Gasteiger partial charge in [-0.2, -0.15) is 0 Å². The van der Waals surface area contributed by atoms with Crippen LogP contribution in [0.25, 0.3) is 11.4 Å². The van der Waals surface area contributed by atoms with Gasteiger partial charge in [-0.25, -0.2) is 14.8 Å². The third kappa shape index (κ3) is 4.41. The fourth-order valence-corrected chi connectivity index (χ4v) is 4.38. The molecule has 5 rings (SSSR count). The third-order valence-electron chi connectivity index (χ3n) is 6.26. The molecule has 2 fully saturated rings. The van der Waals surface area contributed by atoms with Crippen molar-refractivity contribution in [1.29, 1.82) is 0 Å². The number of nitrogens with zero attached hydrogens (tertiary/aromatic N) is 4. The molecule has 0 atom stereocenters. The second-order valence-electron chi connectivity index (χ2n) is 8.37. The minimum atomic E-state index is -0.208. The van der Waals surface area contributed by atoms with Gasteiger partial charge >= 0.3 is 6.03 Å². The van der Waals surface area contributed by atoms with E-state index in [1.807, 2.05) is 31.2 Å². The van der Waals surface area contributed by atoms with E-state index in [2.05, 4.69) is 20.4 Å². The summed E-state index contributed by atoms with van der Waals surface area (Å²) in [6.45, 7) is 9.07. The van der Waals surface area contributed by atoms with Gasteiger partial charge in [0.25, 0.3) is 0 Å². The average Bonchev–Trinajstić information content (AvgIpc) is 2.78. The molecule has 9 heteroatoms. The summed E-state index contributed by atoms with van der Waals surface area (Å²) in [7, 11) is 0. The number of ether oxygens (including phenoxy) is 2. The maximum atomic E-state index is 11.8. The van der Waals surface area contributed by atoms with Crippen LogP contribution in [0.1, 0.15) is 18.2 Å². The molecule has 0 aliphatic carbocycles. The van der Waals surface area contributed by atoms with Crippen molar-refractivity contribution in [2.45, 2.75) is 25.9 Å². The Morgan fingerprint density at radius 3 is 2.56 bits per heavy atom. The third-order valence-corrected chi connectivity index (χ3v) is 6.26. The number of hydrogen-bond donors (Lipinski definition) is 2. The first-order valence-corrected chi connectivity index (χ1v) is 11.4. The minimum Gasteiger partial charge on any atom is -0.378 e. The molecule has 2 amide bonds. The lowest BCUT2D eigenvalue weighted by Gasteiger charge is -2.40. The van der Waals surface area contributed by atoms with Crippen molar-refractivity contribution in [3.63, 3.8) is 0 Å². The molecule has 0 radical (unpaired) electrons. The van der Waals surface area contributed by atoms with Gasteiger partial charge in [-0.15, -0.1) is 0 Å². The first-order valence-electron chi connectivity index (χ1n) is 11.4. The molecule has 0 spiro atoms. The lowest BCUT2D eigenvalue weighted by Crippen LogP contribution is -2.51. The number of urea groups is 1. The SMILES string of the molecule is CCNC(=O)Nc1ccc(-c2nc3c(c(N4CCOCC4)n2)CCN(C2COC2)C3)cc1. The Morgan fingerprint density at radius 1 is 1.09 bits per heavy atom. The number of hydrogen-bond acceptors (Lipinski definition) is 7. The van der Waals surface area contributed by atoms with Crippen LogP contribution in [0.5, 0.6) is 0 Å². The minimum absolute atomic E-state index is 0.208. The zero-order valence-electron chi connectivity index (χ0n) is 18.5. The van der Waals surface area contributed by atoms with Gasteiger partial charge in [0.15, 0.2) is 5.82 Å². The van der Waals surface area contributed by atoms with Crippen LogP contribution in [0, 0.1) is 0 Å². The number of rotatable bonds is 5. The molecule has 2 N–H and O–H groups in total. The largest absolute Gasteiger partial charge is 0.378 e. The van der Waals surface area contributed by atoms with E-state index in [0.29, 0.717) is 12.6 Å². The highest BCUT2D eigenvalue weighted by Crippen LogP contribution is 2.31. The average molecular weight is 439 g/mol. The topological polar surface area (TPSA) is 91.9 Å². The van der Waals surface area contributed by atoms with Crippen molar-refractivity contribution < 1.29 is 14.3 Å². The van der Waals surface area contributed by atoms with Gasteiger partial charge in [0.1, 0.15) is 5.82 Å². The number of carbonyl (C=O) groups is 1. The summed E-state index contributed by atoms with van der Waals surface area (Å²) >= 11 is 0. The molecule has 1 aromatic heterocycles. The molecule has 1 aromatic carbocycles. The standard InChI is InChI=1S/C23H30N6O3/c1-2-24-23(30)25-17-5-3-16(4-6-17)21-26-20-13-29(18-14-32-15-18)8-7-19(20)22(27-21)28-9-11-31-12-10-28/h3-6,18H,2,7-15H2,1H3,(H2,24,25,30). The Balaban J connectivity index is 1.44. The lowest BCUT2D eigenvalue weighted by molar-refractivity contribution is -0.0699. The van der Waals surface area contributed by atoms with Gasteiger partial charge in [0.2, 0.25) is 0 Å². The van der Waals surface area contributed by atoms with Crippen molar-refractivity contribution in [2.24, 2.45) is 0 Å². The molecule has 3 aliphatic heterocycles. The smallest absolute Gasteiger partial charge is 0.319 e. The van der Waals surface area contributed by atoms with Gasteiger partial charge < -0.3 is 25.0 Å². The quantitative estimate of drug-likeness (QED) is 0.736. The van der Waals surface area contributed by atoms with Crippen molar-refractivity contribution in [1.82, 2.24) is 20.2 Å². The molecule has 4 heterocycles. The van der Waals surface area contributed by atoms with Gasteiger partial charge in [0, 0.05) is 49.5 Å². The molecule has 0 bridgehead atoms. The summed E-state index contributed by atoms with van der Waals surface area (Å²) in [5.41, 5.74) is 4.05. The van der Waals surface area contributed by atoms with E-state index < -0.39 is 0 Å². The highest BCUT2D eigenvalue weighted by molar-refractivity contribution is 5.89. The molecule has 170 valence electrons. The Hall–Kier alpha value is -2.75. The highest BCUT2D eigenvalue weighted by Gasteiger charge is 2.32. The number of morpholine rings is 1. The molecule has 0 unspecified atom stereocenters. The normalized spacial score (nSPS) is 19.2. The Kier molecular flexibility index (Phi) is 6.20. The van der Waals surface area contributed by atoms with E-state index >= 15 is 0 Å². The summed E-state index contributed by atoms with van der Waals surface area (Å²) in [6.07, 6.45) is 0.953. The van der Waals surface area contributed by atoms with Gasteiger partial charge in [-0.1, -0.05) is 0 Å². The zero-order valence-corrected chi connectivity index (χ0v) is 18.5. The van der Waals surface area contributed by atoms with E-state index in [9.17, 15) is 4.79 Å². The molecular formula is C23H30N6O3. The van der Waals surface area contributed by atoms with Crippen LogP contribution in [0.4, 0.5) is 16.3 Å². The molecule has 9 nitrogen and oxygen atoms in total. The van der Waals surface area contributed by atoms with Crippen LogP contribution in [0.15, 0.2) is 24.3 Å². The summed E-state index contributed by atoms with van der Waals surface area (Å²) in [5, 5.41) is 5.57. The van der Waals surface area contributed by atoms with Crippen molar-refractivity contribution in [2.75, 3.05) is 62.8 Å². The zero-order chi connectivity index (χ0) is 21.9. The van der Waals surface area contributed by atoms with Crippen LogP contribution >= 0.6 is 0 Å². The summed E-state index contributed by atoms with van der Waals surface area (Å²) in [4.78, 5) is 26.6. The van der Waals surface area contributed by atoms with E-state index in [-0.39, 0.29) is 6.03 Å². The van der Waals surface area contributed by atoms with Crippen LogP contribution in [0.3, 0.4) is 0 Å². The first-order chi connectivity index (χ1) is 15.7. The molecular weight excluding hydrogens is 408 g/mol. The molecule has 0 saturated carbocycles. The summed E-state index contributed by atoms with van der Waals surface area (Å²) in [6, 6.07) is 7.99. The second-order valence-corrected chi connectivity index (χ2v) is 8.37. The maximum absolute atomic E-state index is 11.8. The van der Waals surface area contributed by atoms with Crippen molar-refractivity contribution in [3.05, 3.63) is 35.5 Å².